The van der Waals surface area contributed by atoms with Crippen molar-refractivity contribution in [3.63, 3.8) is 0 Å². The number of rotatable bonds is 0. The Bertz CT molecular complexity index is 542. The van der Waals surface area contributed by atoms with Crippen molar-refractivity contribution in [2.24, 2.45) is 0 Å². The van der Waals surface area contributed by atoms with Gasteiger partial charge in [-0.25, -0.2) is 9.97 Å². The molecule has 2 aromatic carbocycles. The molecule has 0 aliphatic rings. The Hall–Kier alpha value is -2.00. The van der Waals surface area contributed by atoms with Gasteiger partial charge in [0.2, 0.25) is 0 Å². The molecule has 0 saturated carbocycles. The van der Waals surface area contributed by atoms with Crippen LogP contribution in [0.2, 0.25) is 0 Å². The number of benzene rings is 2. The fraction of sp³-hybridized carbons (Fsp3) is 0.200. The Balaban J connectivity index is 0.000000267. The van der Waals surface area contributed by atoms with Gasteiger partial charge in [0, 0.05) is 6.10 Å². The molecule has 0 aliphatic carbocycles. The van der Waals surface area contributed by atoms with Crippen molar-refractivity contribution in [3.05, 3.63) is 48.5 Å². The normalized spacial score (nSPS) is 10.4. The molecule has 18 heavy (non-hydrogen) atoms. The molecule has 3 aromatic rings. The van der Waals surface area contributed by atoms with Gasteiger partial charge in [0.15, 0.2) is 0 Å². The van der Waals surface area contributed by atoms with Crippen LogP contribution in [-0.4, -0.2) is 21.2 Å². The Labute approximate surface area is 106 Å². The third kappa shape index (κ3) is 3.02. The Morgan fingerprint density at radius 2 is 0.944 bits per heavy atom. The Kier molecular flexibility index (Phi) is 3.85. The standard InChI is InChI=1S/C12H8N2.C3H8O/c1-2-6-10-9(5-1)13-11-7-3-4-8-12(11)14-10;1-3(2)4/h1-8H;3-4H,1-2H3. The fourth-order valence-corrected chi connectivity index (χ4v) is 1.57. The summed E-state index contributed by atoms with van der Waals surface area (Å²) in [5.74, 6) is 0. The number of nitrogens with zero attached hydrogens (tertiary/aromatic N) is 2. The Morgan fingerprint density at radius 1 is 0.722 bits per heavy atom. The first-order valence-corrected chi connectivity index (χ1v) is 5.96. The summed E-state index contributed by atoms with van der Waals surface area (Å²) in [6.45, 7) is 3.44. The molecule has 0 amide bonds. The molecule has 0 bridgehead atoms. The molecule has 0 radical (unpaired) electrons. The second-order valence-corrected chi connectivity index (χ2v) is 4.29. The number of hydrogen-bond acceptors (Lipinski definition) is 3. The number of para-hydroxylation sites is 4. The van der Waals surface area contributed by atoms with Crippen molar-refractivity contribution < 1.29 is 5.11 Å². The molecule has 3 nitrogen and oxygen atoms in total. The van der Waals surface area contributed by atoms with Gasteiger partial charge < -0.3 is 5.11 Å². The van der Waals surface area contributed by atoms with Gasteiger partial charge in [-0.2, -0.15) is 0 Å². The van der Waals surface area contributed by atoms with E-state index in [-0.39, 0.29) is 6.10 Å². The Morgan fingerprint density at radius 3 is 1.17 bits per heavy atom. The van der Waals surface area contributed by atoms with E-state index in [1.807, 2.05) is 48.5 Å². The summed E-state index contributed by atoms with van der Waals surface area (Å²) in [4.78, 5) is 9.03. The summed E-state index contributed by atoms with van der Waals surface area (Å²) < 4.78 is 0. The second kappa shape index (κ2) is 5.56. The van der Waals surface area contributed by atoms with Gasteiger partial charge >= 0.3 is 0 Å². The number of fused-ring (bicyclic) bond motifs is 2. The summed E-state index contributed by atoms with van der Waals surface area (Å²) in [5.41, 5.74) is 3.80. The van der Waals surface area contributed by atoms with E-state index < -0.39 is 0 Å². The number of hydrogen-bond donors (Lipinski definition) is 1. The molecule has 0 aliphatic heterocycles. The molecule has 3 rings (SSSR count). The third-order valence-electron chi connectivity index (χ3n) is 2.25. The maximum Gasteiger partial charge on any atom is 0.0894 e. The molecule has 0 atom stereocenters. The van der Waals surface area contributed by atoms with Gasteiger partial charge in [0.05, 0.1) is 22.1 Å². The summed E-state index contributed by atoms with van der Waals surface area (Å²) in [7, 11) is 0. The zero-order valence-electron chi connectivity index (χ0n) is 10.5. The van der Waals surface area contributed by atoms with Gasteiger partial charge in [0.1, 0.15) is 0 Å². The predicted octanol–water partition coefficient (Wildman–Crippen LogP) is 3.17. The van der Waals surface area contributed by atoms with Crippen molar-refractivity contribution in [2.75, 3.05) is 0 Å². The molecule has 0 saturated heterocycles. The minimum atomic E-state index is -0.167. The summed E-state index contributed by atoms with van der Waals surface area (Å²) in [6, 6.07) is 15.8. The molecule has 1 heterocycles. The maximum absolute atomic E-state index is 8.06. The molecule has 3 heteroatoms. The second-order valence-electron chi connectivity index (χ2n) is 4.29. The van der Waals surface area contributed by atoms with Crippen molar-refractivity contribution in [1.82, 2.24) is 9.97 Å². The van der Waals surface area contributed by atoms with E-state index in [2.05, 4.69) is 9.97 Å². The molecule has 0 fully saturated rings. The monoisotopic (exact) mass is 240 g/mol. The average molecular weight is 240 g/mol. The zero-order valence-corrected chi connectivity index (χ0v) is 10.5. The van der Waals surface area contributed by atoms with E-state index in [9.17, 15) is 0 Å². The minimum Gasteiger partial charge on any atom is -0.394 e. The molecule has 92 valence electrons. The number of aliphatic hydroxyl groups excluding tert-OH is 1. The molecule has 1 N–H and O–H groups in total. The van der Waals surface area contributed by atoms with Crippen LogP contribution in [0.3, 0.4) is 0 Å². The first-order chi connectivity index (χ1) is 8.66. The molecule has 1 aromatic heterocycles. The molecule has 0 spiro atoms. The van der Waals surface area contributed by atoms with Crippen LogP contribution < -0.4 is 0 Å². The van der Waals surface area contributed by atoms with Crippen LogP contribution in [0.4, 0.5) is 0 Å². The number of aliphatic hydroxyl groups is 1. The van der Waals surface area contributed by atoms with E-state index >= 15 is 0 Å². The largest absolute Gasteiger partial charge is 0.394 e. The quantitative estimate of drug-likeness (QED) is 0.614. The van der Waals surface area contributed by atoms with Crippen LogP contribution in [-0.2, 0) is 0 Å². The highest BCUT2D eigenvalue weighted by Crippen LogP contribution is 2.14. The lowest BCUT2D eigenvalue weighted by Gasteiger charge is -1.98. The summed E-state index contributed by atoms with van der Waals surface area (Å²) in [5, 5.41) is 8.06. The van der Waals surface area contributed by atoms with E-state index in [1.165, 1.54) is 0 Å². The van der Waals surface area contributed by atoms with Crippen molar-refractivity contribution in [3.8, 4) is 0 Å². The maximum atomic E-state index is 8.06. The molecular formula is C15H16N2O. The first kappa shape index (κ1) is 12.5. The van der Waals surface area contributed by atoms with Crippen molar-refractivity contribution in [1.29, 1.82) is 0 Å². The predicted molar refractivity (Wildman–Crippen MR) is 74.4 cm³/mol. The zero-order chi connectivity index (χ0) is 13.0. The van der Waals surface area contributed by atoms with E-state index in [4.69, 9.17) is 5.11 Å². The van der Waals surface area contributed by atoms with Gasteiger partial charge in [-0.3, -0.25) is 0 Å². The summed E-state index contributed by atoms with van der Waals surface area (Å²) in [6.07, 6.45) is -0.167. The van der Waals surface area contributed by atoms with Gasteiger partial charge in [0.25, 0.3) is 0 Å². The molecule has 0 unspecified atom stereocenters. The van der Waals surface area contributed by atoms with Crippen LogP contribution in [0.1, 0.15) is 13.8 Å². The fourth-order valence-electron chi connectivity index (χ4n) is 1.57. The van der Waals surface area contributed by atoms with Crippen LogP contribution in [0, 0.1) is 0 Å². The number of aromatic nitrogens is 2. The van der Waals surface area contributed by atoms with Crippen molar-refractivity contribution >= 4 is 22.1 Å². The van der Waals surface area contributed by atoms with E-state index in [0.717, 1.165) is 22.1 Å². The average Bonchev–Trinajstić information content (AvgIpc) is 2.35. The van der Waals surface area contributed by atoms with Gasteiger partial charge in [-0.15, -0.1) is 0 Å². The van der Waals surface area contributed by atoms with Crippen LogP contribution in [0.5, 0.6) is 0 Å². The van der Waals surface area contributed by atoms with Crippen LogP contribution >= 0.6 is 0 Å². The van der Waals surface area contributed by atoms with Gasteiger partial charge in [-0.05, 0) is 38.1 Å². The van der Waals surface area contributed by atoms with Crippen molar-refractivity contribution in [2.45, 2.75) is 20.0 Å². The lowest BCUT2D eigenvalue weighted by atomic mass is 10.2. The van der Waals surface area contributed by atoms with E-state index in [0.29, 0.717) is 0 Å². The smallest absolute Gasteiger partial charge is 0.0894 e. The highest BCUT2D eigenvalue weighted by atomic mass is 16.3. The van der Waals surface area contributed by atoms with Crippen LogP contribution in [0.15, 0.2) is 48.5 Å². The third-order valence-corrected chi connectivity index (χ3v) is 2.25. The topological polar surface area (TPSA) is 46.0 Å². The van der Waals surface area contributed by atoms with Gasteiger partial charge in [-0.1, -0.05) is 24.3 Å². The lowest BCUT2D eigenvalue weighted by Crippen LogP contribution is -1.85. The lowest BCUT2D eigenvalue weighted by molar-refractivity contribution is 0.216. The van der Waals surface area contributed by atoms with E-state index in [1.54, 1.807) is 13.8 Å². The van der Waals surface area contributed by atoms with Crippen LogP contribution in [0.25, 0.3) is 22.1 Å². The highest BCUT2D eigenvalue weighted by Gasteiger charge is 1.98. The SMILES string of the molecule is CC(C)O.c1ccc2nc3ccccc3nc2c1. The summed E-state index contributed by atoms with van der Waals surface area (Å²) >= 11 is 0. The minimum absolute atomic E-state index is 0.167. The molecular weight excluding hydrogens is 224 g/mol. The highest BCUT2D eigenvalue weighted by molar-refractivity contribution is 5.85. The first-order valence-electron chi connectivity index (χ1n) is 5.96.